The number of amides is 1. The molecule has 6 nitrogen and oxygen atoms in total. The lowest BCUT2D eigenvalue weighted by molar-refractivity contribution is 0.143. The maximum atomic E-state index is 13.3. The number of anilines is 1. The monoisotopic (exact) mass is 382 g/mol. The van der Waals surface area contributed by atoms with Gasteiger partial charge in [0.2, 0.25) is 10.0 Å². The molecule has 1 aliphatic heterocycles. The molecule has 1 unspecified atom stereocenters. The van der Waals surface area contributed by atoms with Gasteiger partial charge in [-0.15, -0.1) is 0 Å². The number of nitrogens with zero attached hydrogens (tertiary/aromatic N) is 1. The Balaban J connectivity index is 1.68. The van der Waals surface area contributed by atoms with Gasteiger partial charge in [-0.3, -0.25) is 4.90 Å². The molecule has 26 heavy (non-hydrogen) atoms. The van der Waals surface area contributed by atoms with E-state index in [0.29, 0.717) is 5.69 Å². The summed E-state index contributed by atoms with van der Waals surface area (Å²) in [5.74, 6) is -1.02. The summed E-state index contributed by atoms with van der Waals surface area (Å²) in [4.78, 5) is 13.1. The fraction of sp³-hybridized carbons (Fsp3) is 0.235. The van der Waals surface area contributed by atoms with Crippen LogP contribution in [0.15, 0.2) is 47.4 Å². The number of carbonyl (C=O) groups is 1. The van der Waals surface area contributed by atoms with Crippen LogP contribution in [0.2, 0.25) is 0 Å². The topological polar surface area (TPSA) is 75.7 Å². The zero-order chi connectivity index (χ0) is 18.9. The van der Waals surface area contributed by atoms with Gasteiger partial charge >= 0.3 is 6.09 Å². The van der Waals surface area contributed by atoms with Crippen LogP contribution in [0.5, 0.6) is 0 Å². The van der Waals surface area contributed by atoms with E-state index in [-0.39, 0.29) is 23.5 Å². The molecule has 138 valence electrons. The van der Waals surface area contributed by atoms with E-state index in [1.807, 2.05) is 0 Å². The fourth-order valence-electron chi connectivity index (χ4n) is 2.68. The van der Waals surface area contributed by atoms with Gasteiger partial charge in [-0.2, -0.15) is 0 Å². The van der Waals surface area contributed by atoms with Crippen LogP contribution >= 0.6 is 0 Å². The summed E-state index contributed by atoms with van der Waals surface area (Å²) in [5, 5.41) is 0. The van der Waals surface area contributed by atoms with Crippen LogP contribution in [-0.4, -0.2) is 33.7 Å². The van der Waals surface area contributed by atoms with Crippen molar-refractivity contribution >= 4 is 21.8 Å². The van der Waals surface area contributed by atoms with Gasteiger partial charge in [0.15, 0.2) is 0 Å². The normalized spacial score (nSPS) is 17.4. The first-order chi connectivity index (χ1) is 12.3. The van der Waals surface area contributed by atoms with Gasteiger partial charge in [-0.1, -0.05) is 6.07 Å². The van der Waals surface area contributed by atoms with E-state index in [1.54, 1.807) is 6.07 Å². The lowest BCUT2D eigenvalue weighted by Gasteiger charge is -2.13. The first-order valence-electron chi connectivity index (χ1n) is 7.76. The Kier molecular flexibility index (Phi) is 4.92. The molecular formula is C17H16F2N2O4S. The Hall–Kier alpha value is -2.52. The number of rotatable bonds is 5. The molecule has 9 heteroatoms. The molecular weight excluding hydrogens is 366 g/mol. The highest BCUT2D eigenvalue weighted by Crippen LogP contribution is 2.22. The van der Waals surface area contributed by atoms with Crippen LogP contribution in [0.3, 0.4) is 0 Å². The predicted molar refractivity (Wildman–Crippen MR) is 90.3 cm³/mol. The molecule has 1 N–H and O–H groups in total. The molecule has 1 aliphatic rings. The standard InChI is InChI=1S/C17H16F2N2O4S/c1-11-7-13(19)5-6-16(11)26(23,24)20-9-15-10-21(17(22)25-15)14-4-2-3-12(18)8-14/h2-8,15,20H,9-10H2,1H3. The third-order valence-electron chi connectivity index (χ3n) is 3.92. The van der Waals surface area contributed by atoms with E-state index in [9.17, 15) is 22.0 Å². The molecule has 1 atom stereocenters. The SMILES string of the molecule is Cc1cc(F)ccc1S(=O)(=O)NCC1CN(c2cccc(F)c2)C(=O)O1. The molecule has 0 saturated carbocycles. The number of benzene rings is 2. The van der Waals surface area contributed by atoms with Crippen molar-refractivity contribution in [3.05, 3.63) is 59.7 Å². The maximum absolute atomic E-state index is 13.3. The van der Waals surface area contributed by atoms with Crippen molar-refractivity contribution in [2.45, 2.75) is 17.9 Å². The molecule has 1 amide bonds. The Morgan fingerprint density at radius 3 is 2.62 bits per heavy atom. The number of nitrogens with one attached hydrogen (secondary N) is 1. The molecule has 0 spiro atoms. The third kappa shape index (κ3) is 3.83. The zero-order valence-electron chi connectivity index (χ0n) is 13.8. The number of carbonyl (C=O) groups excluding carboxylic acids is 1. The largest absolute Gasteiger partial charge is 0.443 e. The number of aryl methyl sites for hydroxylation is 1. The highest BCUT2D eigenvalue weighted by Gasteiger charge is 2.33. The zero-order valence-corrected chi connectivity index (χ0v) is 14.6. The minimum Gasteiger partial charge on any atom is -0.443 e. The van der Waals surface area contributed by atoms with E-state index in [2.05, 4.69) is 4.72 Å². The average molecular weight is 382 g/mol. The first kappa shape index (κ1) is 18.3. The molecule has 1 heterocycles. The second-order valence-electron chi connectivity index (χ2n) is 5.86. The van der Waals surface area contributed by atoms with Gasteiger partial charge in [-0.25, -0.2) is 26.7 Å². The van der Waals surface area contributed by atoms with E-state index in [1.165, 1.54) is 36.1 Å². The molecule has 2 aromatic rings. The van der Waals surface area contributed by atoms with Crippen molar-refractivity contribution in [3.8, 4) is 0 Å². The number of ether oxygens (including phenoxy) is 1. The molecule has 0 bridgehead atoms. The van der Waals surface area contributed by atoms with Crippen LogP contribution in [0, 0.1) is 18.6 Å². The van der Waals surface area contributed by atoms with Crippen LogP contribution < -0.4 is 9.62 Å². The van der Waals surface area contributed by atoms with E-state index >= 15 is 0 Å². The Morgan fingerprint density at radius 2 is 1.92 bits per heavy atom. The summed E-state index contributed by atoms with van der Waals surface area (Å²) in [6.07, 6.45) is -1.42. The van der Waals surface area contributed by atoms with E-state index < -0.39 is 33.9 Å². The Labute approximate surface area is 149 Å². The second-order valence-corrected chi connectivity index (χ2v) is 7.59. The second kappa shape index (κ2) is 7.00. The Bertz CT molecular complexity index is 950. The summed E-state index contributed by atoms with van der Waals surface area (Å²) in [7, 11) is -3.89. The molecule has 0 aliphatic carbocycles. The lowest BCUT2D eigenvalue weighted by atomic mass is 10.2. The fourth-order valence-corrected chi connectivity index (χ4v) is 3.97. The summed E-state index contributed by atoms with van der Waals surface area (Å²) < 4.78 is 58.6. The minimum atomic E-state index is -3.89. The van der Waals surface area contributed by atoms with Crippen molar-refractivity contribution in [2.24, 2.45) is 0 Å². The summed E-state index contributed by atoms with van der Waals surface area (Å²) >= 11 is 0. The highest BCUT2D eigenvalue weighted by molar-refractivity contribution is 7.89. The number of hydrogen-bond donors (Lipinski definition) is 1. The first-order valence-corrected chi connectivity index (χ1v) is 9.24. The lowest BCUT2D eigenvalue weighted by Crippen LogP contribution is -2.35. The van der Waals surface area contributed by atoms with Gasteiger partial charge in [0.05, 0.1) is 17.1 Å². The molecule has 0 aromatic heterocycles. The van der Waals surface area contributed by atoms with Crippen molar-refractivity contribution in [1.82, 2.24) is 4.72 Å². The number of sulfonamides is 1. The van der Waals surface area contributed by atoms with Crippen LogP contribution in [0.1, 0.15) is 5.56 Å². The van der Waals surface area contributed by atoms with Gasteiger partial charge in [-0.05, 0) is 48.9 Å². The summed E-state index contributed by atoms with van der Waals surface area (Å²) in [5.41, 5.74) is 0.594. The summed E-state index contributed by atoms with van der Waals surface area (Å²) in [6, 6.07) is 8.81. The van der Waals surface area contributed by atoms with E-state index in [0.717, 1.165) is 12.1 Å². The van der Waals surface area contributed by atoms with Crippen LogP contribution in [0.25, 0.3) is 0 Å². The predicted octanol–water partition coefficient (Wildman–Crippen LogP) is 2.58. The molecule has 1 saturated heterocycles. The van der Waals surface area contributed by atoms with Gasteiger partial charge < -0.3 is 4.74 Å². The highest BCUT2D eigenvalue weighted by atomic mass is 32.2. The van der Waals surface area contributed by atoms with Gasteiger partial charge in [0, 0.05) is 6.54 Å². The van der Waals surface area contributed by atoms with Crippen molar-refractivity contribution in [2.75, 3.05) is 18.0 Å². The molecule has 2 aromatic carbocycles. The minimum absolute atomic E-state index is 0.0507. The smallest absolute Gasteiger partial charge is 0.414 e. The van der Waals surface area contributed by atoms with Gasteiger partial charge in [0.1, 0.15) is 17.7 Å². The number of cyclic esters (lactones) is 1. The molecule has 3 rings (SSSR count). The number of halogens is 2. The maximum Gasteiger partial charge on any atom is 0.414 e. The molecule has 1 fully saturated rings. The van der Waals surface area contributed by atoms with Crippen LogP contribution in [0.4, 0.5) is 19.3 Å². The van der Waals surface area contributed by atoms with E-state index in [4.69, 9.17) is 4.74 Å². The van der Waals surface area contributed by atoms with Crippen LogP contribution in [-0.2, 0) is 14.8 Å². The van der Waals surface area contributed by atoms with Crippen molar-refractivity contribution in [3.63, 3.8) is 0 Å². The Morgan fingerprint density at radius 1 is 1.19 bits per heavy atom. The van der Waals surface area contributed by atoms with Crippen molar-refractivity contribution in [1.29, 1.82) is 0 Å². The third-order valence-corrected chi connectivity index (χ3v) is 5.51. The molecule has 0 radical (unpaired) electrons. The quantitative estimate of drug-likeness (QED) is 0.863. The summed E-state index contributed by atoms with van der Waals surface area (Å²) in [6.45, 7) is 1.41. The van der Waals surface area contributed by atoms with Gasteiger partial charge in [0.25, 0.3) is 0 Å². The number of hydrogen-bond acceptors (Lipinski definition) is 4. The average Bonchev–Trinajstić information content (AvgIpc) is 2.94. The van der Waals surface area contributed by atoms with Crippen molar-refractivity contribution < 1.29 is 26.7 Å².